The molecule has 180 valence electrons. The first-order valence-corrected chi connectivity index (χ1v) is 11.2. The van der Waals surface area contributed by atoms with Gasteiger partial charge in [0.1, 0.15) is 23.3 Å². The van der Waals surface area contributed by atoms with Gasteiger partial charge in [-0.15, -0.1) is 0 Å². The van der Waals surface area contributed by atoms with Crippen LogP contribution in [0.15, 0.2) is 65.8 Å². The summed E-state index contributed by atoms with van der Waals surface area (Å²) in [5.41, 5.74) is 0.0140. The van der Waals surface area contributed by atoms with Crippen LogP contribution >= 0.6 is 0 Å². The number of amides is 1. The van der Waals surface area contributed by atoms with Crippen molar-refractivity contribution in [2.75, 3.05) is 20.2 Å². The highest BCUT2D eigenvalue weighted by Crippen LogP contribution is 2.25. The largest absolute Gasteiger partial charge is 0.497 e. The van der Waals surface area contributed by atoms with Crippen LogP contribution in [0.4, 0.5) is 4.39 Å². The second-order valence-electron chi connectivity index (χ2n) is 8.69. The summed E-state index contributed by atoms with van der Waals surface area (Å²) < 4.78 is 21.2. The fraction of sp³-hybridized carbons (Fsp3) is 0.280. The summed E-state index contributed by atoms with van der Waals surface area (Å²) in [6.07, 6.45) is 3.46. The average molecular weight is 477 g/mol. The van der Waals surface area contributed by atoms with Crippen molar-refractivity contribution in [1.29, 1.82) is 0 Å². The van der Waals surface area contributed by atoms with Crippen molar-refractivity contribution in [2.24, 2.45) is 0 Å². The highest BCUT2D eigenvalue weighted by atomic mass is 19.1. The molecule has 0 radical (unpaired) electrons. The van der Waals surface area contributed by atoms with Crippen molar-refractivity contribution in [2.45, 2.75) is 25.0 Å². The second kappa shape index (κ2) is 8.95. The Kier molecular flexibility index (Phi) is 5.81. The molecule has 1 aliphatic heterocycles. The zero-order chi connectivity index (χ0) is 24.6. The molecule has 5 rings (SSSR count). The Morgan fingerprint density at radius 2 is 1.80 bits per heavy atom. The number of ether oxygens (including phenoxy) is 1. The first-order valence-electron chi connectivity index (χ1n) is 11.2. The number of likely N-dealkylation sites (tertiary alicyclic amines) is 1. The smallest absolute Gasteiger partial charge is 0.264 e. The Labute approximate surface area is 200 Å². The molecular weight excluding hydrogens is 453 g/mol. The summed E-state index contributed by atoms with van der Waals surface area (Å²) in [6.45, 7) is 0.795. The third kappa shape index (κ3) is 4.40. The maximum absolute atomic E-state index is 13.3. The summed E-state index contributed by atoms with van der Waals surface area (Å²) in [5, 5.41) is 15.7. The van der Waals surface area contributed by atoms with Crippen molar-refractivity contribution in [1.82, 2.24) is 24.2 Å². The number of piperidine rings is 1. The van der Waals surface area contributed by atoms with Gasteiger partial charge in [-0.2, -0.15) is 5.10 Å². The Balaban J connectivity index is 1.30. The predicted molar refractivity (Wildman–Crippen MR) is 126 cm³/mol. The number of nitrogens with zero attached hydrogens (tertiary/aromatic N) is 5. The molecule has 35 heavy (non-hydrogen) atoms. The molecule has 3 heterocycles. The van der Waals surface area contributed by atoms with Gasteiger partial charge in [0.15, 0.2) is 5.65 Å². The minimum absolute atomic E-state index is 0.0566. The molecule has 0 saturated carbocycles. The van der Waals surface area contributed by atoms with Gasteiger partial charge in [0.25, 0.3) is 11.5 Å². The van der Waals surface area contributed by atoms with E-state index in [1.54, 1.807) is 48.4 Å². The lowest BCUT2D eigenvalue weighted by Gasteiger charge is -2.38. The normalized spacial score (nSPS) is 15.3. The molecule has 2 aromatic heterocycles. The third-order valence-corrected chi connectivity index (χ3v) is 6.41. The van der Waals surface area contributed by atoms with Crippen LogP contribution < -0.4 is 10.3 Å². The number of carbonyl (C=O) groups excluding carboxylic acids is 1. The van der Waals surface area contributed by atoms with E-state index in [0.29, 0.717) is 54.0 Å². The minimum Gasteiger partial charge on any atom is -0.497 e. The predicted octanol–water partition coefficient (Wildman–Crippen LogP) is 2.40. The van der Waals surface area contributed by atoms with Crippen molar-refractivity contribution < 1.29 is 19.0 Å². The van der Waals surface area contributed by atoms with Gasteiger partial charge in [0.05, 0.1) is 31.1 Å². The Hall–Kier alpha value is -4.05. The van der Waals surface area contributed by atoms with Gasteiger partial charge >= 0.3 is 0 Å². The number of halogens is 1. The van der Waals surface area contributed by atoms with E-state index < -0.39 is 5.60 Å². The molecule has 0 unspecified atom stereocenters. The first-order chi connectivity index (χ1) is 16.9. The Bertz CT molecular complexity index is 1420. The number of hydrogen-bond acceptors (Lipinski definition) is 6. The molecule has 4 aromatic rings. The third-order valence-electron chi connectivity index (χ3n) is 6.41. The number of aromatic nitrogens is 4. The summed E-state index contributed by atoms with van der Waals surface area (Å²) in [7, 11) is 1.57. The Morgan fingerprint density at radius 1 is 1.11 bits per heavy atom. The van der Waals surface area contributed by atoms with E-state index in [1.807, 2.05) is 0 Å². The van der Waals surface area contributed by atoms with Crippen LogP contribution in [0.2, 0.25) is 0 Å². The fourth-order valence-corrected chi connectivity index (χ4v) is 4.35. The highest BCUT2D eigenvalue weighted by Gasteiger charge is 2.35. The standard InChI is InChI=1S/C25H24FN5O4/c1-35-20-8-2-17(3-9-20)23(32)29-12-10-25(34,11-13-29)15-30-16-27-22-21(24(30)33)14-28-31(22)19-6-4-18(26)5-7-19/h2-9,14,16,34H,10-13,15H2,1H3. The van der Waals surface area contributed by atoms with Crippen LogP contribution in [0.5, 0.6) is 5.75 Å². The number of aliphatic hydroxyl groups is 1. The minimum atomic E-state index is -1.15. The lowest BCUT2D eigenvalue weighted by Crippen LogP contribution is -2.49. The molecular formula is C25H24FN5O4. The molecule has 0 bridgehead atoms. The van der Waals surface area contributed by atoms with Crippen LogP contribution in [0, 0.1) is 5.82 Å². The lowest BCUT2D eigenvalue weighted by molar-refractivity contribution is -0.0299. The maximum atomic E-state index is 13.3. The number of methoxy groups -OCH3 is 1. The molecule has 2 aromatic carbocycles. The zero-order valence-corrected chi connectivity index (χ0v) is 19.1. The molecule has 9 nitrogen and oxygen atoms in total. The van der Waals surface area contributed by atoms with Crippen LogP contribution in [0.1, 0.15) is 23.2 Å². The number of rotatable bonds is 5. The van der Waals surface area contributed by atoms with Gasteiger partial charge in [-0.25, -0.2) is 14.1 Å². The highest BCUT2D eigenvalue weighted by molar-refractivity contribution is 5.94. The van der Waals surface area contributed by atoms with Crippen molar-refractivity contribution >= 4 is 16.9 Å². The SMILES string of the molecule is COc1ccc(C(=O)N2CCC(O)(Cn3cnc4c(cnn4-c4ccc(F)cc4)c3=O)CC2)cc1. The van der Waals surface area contributed by atoms with E-state index in [2.05, 4.69) is 10.1 Å². The maximum Gasteiger partial charge on any atom is 0.264 e. The van der Waals surface area contributed by atoms with Crippen molar-refractivity contribution in [3.05, 3.63) is 82.8 Å². The van der Waals surface area contributed by atoms with Gasteiger partial charge in [-0.05, 0) is 61.4 Å². The molecule has 1 saturated heterocycles. The van der Waals surface area contributed by atoms with Gasteiger partial charge in [-0.1, -0.05) is 0 Å². The summed E-state index contributed by atoms with van der Waals surface area (Å²) >= 11 is 0. The first kappa shape index (κ1) is 22.7. The molecule has 0 atom stereocenters. The number of benzene rings is 2. The molecule has 0 aliphatic carbocycles. The molecule has 0 spiro atoms. The molecule has 1 N–H and O–H groups in total. The van der Waals surface area contributed by atoms with Gasteiger partial charge < -0.3 is 14.7 Å². The molecule has 10 heteroatoms. The second-order valence-corrected chi connectivity index (χ2v) is 8.69. The lowest BCUT2D eigenvalue weighted by atomic mass is 9.91. The van der Waals surface area contributed by atoms with Crippen LogP contribution in [-0.4, -0.2) is 61.0 Å². The molecule has 1 amide bonds. The summed E-state index contributed by atoms with van der Waals surface area (Å²) in [5.74, 6) is 0.197. The van der Waals surface area contributed by atoms with E-state index >= 15 is 0 Å². The van der Waals surface area contributed by atoms with Crippen molar-refractivity contribution in [3.63, 3.8) is 0 Å². The summed E-state index contributed by atoms with van der Waals surface area (Å²) in [4.78, 5) is 32.0. The van der Waals surface area contributed by atoms with E-state index in [-0.39, 0.29) is 23.8 Å². The van der Waals surface area contributed by atoms with Crippen LogP contribution in [0.25, 0.3) is 16.7 Å². The van der Waals surface area contributed by atoms with E-state index in [1.165, 1.54) is 33.9 Å². The van der Waals surface area contributed by atoms with Crippen LogP contribution in [0.3, 0.4) is 0 Å². The number of hydrogen-bond donors (Lipinski definition) is 1. The quantitative estimate of drug-likeness (QED) is 0.474. The molecule has 1 fully saturated rings. The van der Waals surface area contributed by atoms with Crippen molar-refractivity contribution in [3.8, 4) is 11.4 Å². The monoisotopic (exact) mass is 477 g/mol. The van der Waals surface area contributed by atoms with E-state index in [4.69, 9.17) is 4.74 Å². The van der Waals surface area contributed by atoms with Gasteiger partial charge in [0.2, 0.25) is 0 Å². The number of fused-ring (bicyclic) bond motifs is 1. The zero-order valence-electron chi connectivity index (χ0n) is 19.1. The van der Waals surface area contributed by atoms with E-state index in [0.717, 1.165) is 0 Å². The van der Waals surface area contributed by atoms with Gasteiger partial charge in [-0.3, -0.25) is 14.2 Å². The van der Waals surface area contributed by atoms with E-state index in [9.17, 15) is 19.1 Å². The van der Waals surface area contributed by atoms with Crippen LogP contribution in [-0.2, 0) is 6.54 Å². The van der Waals surface area contributed by atoms with Gasteiger partial charge in [0, 0.05) is 18.7 Å². The molecule has 1 aliphatic rings. The fourth-order valence-electron chi connectivity index (χ4n) is 4.35. The number of carbonyl (C=O) groups is 1. The topological polar surface area (TPSA) is 102 Å². The Morgan fingerprint density at radius 3 is 2.46 bits per heavy atom. The summed E-state index contributed by atoms with van der Waals surface area (Å²) in [6, 6.07) is 12.6. The average Bonchev–Trinajstić information content (AvgIpc) is 3.31.